The van der Waals surface area contributed by atoms with E-state index in [9.17, 15) is 4.79 Å². The average Bonchev–Trinajstić information content (AvgIpc) is 3.22. The Bertz CT molecular complexity index is 921. The first-order chi connectivity index (χ1) is 13.7. The second-order valence-corrected chi connectivity index (χ2v) is 8.27. The van der Waals surface area contributed by atoms with Crippen LogP contribution in [0.15, 0.2) is 48.8 Å². The summed E-state index contributed by atoms with van der Waals surface area (Å²) in [4.78, 5) is 13.8. The summed E-state index contributed by atoms with van der Waals surface area (Å²) in [6.07, 6.45) is 1.34. The van der Waals surface area contributed by atoms with E-state index in [1.165, 1.54) is 11.1 Å². The third-order valence-electron chi connectivity index (χ3n) is 3.62. The van der Waals surface area contributed by atoms with Gasteiger partial charge in [0.1, 0.15) is 0 Å². The molecule has 0 spiro atoms. The summed E-state index contributed by atoms with van der Waals surface area (Å²) < 4.78 is 5.20. The molecule has 3 aromatic rings. The molecule has 0 aliphatic carbocycles. The highest BCUT2D eigenvalue weighted by molar-refractivity contribution is 6.36. The monoisotopic (exact) mass is 434 g/mol. The lowest BCUT2D eigenvalue weighted by Gasteiger charge is -2.16. The number of benzene rings is 2. The van der Waals surface area contributed by atoms with Gasteiger partial charge < -0.3 is 4.74 Å². The SMILES string of the molecule is CCOCC(C)(C)C.O=C(c1ccc(-n2ncnn2)cc1)c1cc(Cl)ccc1Cl. The highest BCUT2D eigenvalue weighted by Crippen LogP contribution is 2.23. The number of carbonyl (C=O) groups is 1. The molecule has 0 aliphatic heterocycles. The quantitative estimate of drug-likeness (QED) is 0.511. The number of ether oxygens (including phenoxy) is 1. The predicted octanol–water partition coefficient (Wildman–Crippen LogP) is 5.27. The van der Waals surface area contributed by atoms with E-state index >= 15 is 0 Å². The largest absolute Gasteiger partial charge is 0.381 e. The van der Waals surface area contributed by atoms with E-state index in [0.29, 0.717) is 32.3 Å². The topological polar surface area (TPSA) is 69.9 Å². The van der Waals surface area contributed by atoms with Crippen LogP contribution in [0.3, 0.4) is 0 Å². The van der Waals surface area contributed by atoms with Crippen LogP contribution in [0.25, 0.3) is 5.69 Å². The molecule has 0 saturated carbocycles. The summed E-state index contributed by atoms with van der Waals surface area (Å²) in [5.74, 6) is -0.194. The lowest BCUT2D eigenvalue weighted by Crippen LogP contribution is -2.14. The van der Waals surface area contributed by atoms with Crippen molar-refractivity contribution in [2.45, 2.75) is 27.7 Å². The third kappa shape index (κ3) is 7.24. The zero-order valence-electron chi connectivity index (χ0n) is 16.9. The van der Waals surface area contributed by atoms with Gasteiger partial charge in [0.2, 0.25) is 0 Å². The Morgan fingerprint density at radius 2 is 1.79 bits per heavy atom. The van der Waals surface area contributed by atoms with Gasteiger partial charge in [-0.1, -0.05) is 44.0 Å². The first-order valence-electron chi connectivity index (χ1n) is 9.12. The fourth-order valence-corrected chi connectivity index (χ4v) is 2.64. The van der Waals surface area contributed by atoms with Gasteiger partial charge in [0.15, 0.2) is 12.1 Å². The Labute approximate surface area is 180 Å². The summed E-state index contributed by atoms with van der Waals surface area (Å²) in [5.41, 5.74) is 1.91. The molecule has 0 unspecified atom stereocenters. The van der Waals surface area contributed by atoms with Gasteiger partial charge in [-0.05, 0) is 60.0 Å². The number of halogens is 2. The van der Waals surface area contributed by atoms with E-state index in [0.717, 1.165) is 13.2 Å². The van der Waals surface area contributed by atoms with Crippen molar-refractivity contribution in [1.29, 1.82) is 0 Å². The van der Waals surface area contributed by atoms with Crippen molar-refractivity contribution in [3.8, 4) is 5.69 Å². The maximum Gasteiger partial charge on any atom is 0.194 e. The van der Waals surface area contributed by atoms with Gasteiger partial charge in [-0.3, -0.25) is 4.79 Å². The van der Waals surface area contributed by atoms with E-state index in [4.69, 9.17) is 27.9 Å². The smallest absolute Gasteiger partial charge is 0.194 e. The van der Waals surface area contributed by atoms with Crippen LogP contribution < -0.4 is 0 Å². The van der Waals surface area contributed by atoms with Gasteiger partial charge in [0, 0.05) is 22.8 Å². The van der Waals surface area contributed by atoms with Crippen LogP contribution in [-0.2, 0) is 4.74 Å². The van der Waals surface area contributed by atoms with Crippen LogP contribution in [0.2, 0.25) is 10.0 Å². The first kappa shape index (κ1) is 23.0. The summed E-state index contributed by atoms with van der Waals surface area (Å²) in [6, 6.07) is 11.6. The molecule has 0 aliphatic rings. The molecule has 3 rings (SSSR count). The maximum atomic E-state index is 12.4. The molecule has 0 N–H and O–H groups in total. The normalized spacial score (nSPS) is 11.0. The van der Waals surface area contributed by atoms with E-state index in [2.05, 4.69) is 36.2 Å². The van der Waals surface area contributed by atoms with Crippen molar-refractivity contribution in [2.24, 2.45) is 5.41 Å². The summed E-state index contributed by atoms with van der Waals surface area (Å²) in [5, 5.41) is 12.2. The van der Waals surface area contributed by atoms with Crippen LogP contribution in [0, 0.1) is 5.41 Å². The molecule has 0 fully saturated rings. The van der Waals surface area contributed by atoms with Gasteiger partial charge >= 0.3 is 0 Å². The molecule has 0 atom stereocenters. The molecule has 29 heavy (non-hydrogen) atoms. The zero-order valence-corrected chi connectivity index (χ0v) is 18.4. The third-order valence-corrected chi connectivity index (χ3v) is 4.19. The second-order valence-electron chi connectivity index (χ2n) is 7.42. The number of aromatic nitrogens is 4. The van der Waals surface area contributed by atoms with Crippen molar-refractivity contribution in [3.63, 3.8) is 0 Å². The van der Waals surface area contributed by atoms with Crippen molar-refractivity contribution in [2.75, 3.05) is 13.2 Å². The van der Waals surface area contributed by atoms with Gasteiger partial charge in [0.05, 0.1) is 17.3 Å². The Morgan fingerprint density at radius 3 is 2.31 bits per heavy atom. The van der Waals surface area contributed by atoms with Crippen LogP contribution in [0.1, 0.15) is 43.6 Å². The van der Waals surface area contributed by atoms with E-state index < -0.39 is 0 Å². The lowest BCUT2D eigenvalue weighted by atomic mass is 9.99. The zero-order chi connectivity index (χ0) is 21.4. The molecule has 1 heterocycles. The van der Waals surface area contributed by atoms with Crippen molar-refractivity contribution < 1.29 is 9.53 Å². The highest BCUT2D eigenvalue weighted by atomic mass is 35.5. The highest BCUT2D eigenvalue weighted by Gasteiger charge is 2.14. The number of tetrazole rings is 1. The van der Waals surface area contributed by atoms with Crippen molar-refractivity contribution >= 4 is 29.0 Å². The van der Waals surface area contributed by atoms with E-state index in [1.54, 1.807) is 42.5 Å². The minimum atomic E-state index is -0.194. The molecule has 0 saturated heterocycles. The minimum Gasteiger partial charge on any atom is -0.381 e. The van der Waals surface area contributed by atoms with E-state index in [-0.39, 0.29) is 5.78 Å². The Kier molecular flexibility index (Phi) is 8.32. The standard InChI is InChI=1S/C14H8Cl2N4O.C7H16O/c15-10-3-6-13(16)12(7-10)14(21)9-1-4-11(5-2-9)20-18-8-17-19-20;1-5-8-6-7(2,3)4/h1-8H;5-6H2,1-4H3. The van der Waals surface area contributed by atoms with Crippen LogP contribution in [0.4, 0.5) is 0 Å². The number of hydrogen-bond donors (Lipinski definition) is 0. The van der Waals surface area contributed by atoms with Crippen molar-refractivity contribution in [1.82, 2.24) is 20.2 Å². The predicted molar refractivity (Wildman–Crippen MR) is 115 cm³/mol. The number of nitrogens with zero attached hydrogens (tertiary/aromatic N) is 4. The molecule has 8 heteroatoms. The molecule has 154 valence electrons. The molecule has 1 aromatic heterocycles. The summed E-state index contributed by atoms with van der Waals surface area (Å²) in [6.45, 7) is 10.2. The number of hydrogen-bond acceptors (Lipinski definition) is 5. The number of carbonyl (C=O) groups excluding carboxylic acids is 1. The summed E-state index contributed by atoms with van der Waals surface area (Å²) >= 11 is 11.9. The number of ketones is 1. The van der Waals surface area contributed by atoms with Crippen LogP contribution >= 0.6 is 23.2 Å². The fraction of sp³-hybridized carbons (Fsp3) is 0.333. The van der Waals surface area contributed by atoms with Crippen LogP contribution in [-0.4, -0.2) is 39.2 Å². The van der Waals surface area contributed by atoms with Gasteiger partial charge in [-0.2, -0.15) is 0 Å². The molecular formula is C21H24Cl2N4O2. The van der Waals surface area contributed by atoms with Gasteiger partial charge in [-0.15, -0.1) is 15.0 Å². The number of rotatable bonds is 5. The first-order valence-corrected chi connectivity index (χ1v) is 9.88. The second kappa shape index (κ2) is 10.5. The van der Waals surface area contributed by atoms with Crippen molar-refractivity contribution in [3.05, 3.63) is 70.0 Å². The minimum absolute atomic E-state index is 0.194. The molecule has 2 aromatic carbocycles. The van der Waals surface area contributed by atoms with E-state index in [1.807, 2.05) is 6.92 Å². The average molecular weight is 435 g/mol. The molecule has 0 amide bonds. The summed E-state index contributed by atoms with van der Waals surface area (Å²) in [7, 11) is 0. The Morgan fingerprint density at radius 1 is 1.10 bits per heavy atom. The lowest BCUT2D eigenvalue weighted by molar-refractivity contribution is 0.0805. The molecule has 0 bridgehead atoms. The van der Waals surface area contributed by atoms with Gasteiger partial charge in [0.25, 0.3) is 0 Å². The fourth-order valence-electron chi connectivity index (χ4n) is 2.27. The van der Waals surface area contributed by atoms with Gasteiger partial charge in [-0.25, -0.2) is 0 Å². The Hall–Kier alpha value is -2.28. The molecule has 0 radical (unpaired) electrons. The molecule has 6 nitrogen and oxygen atoms in total. The molecular weight excluding hydrogens is 411 g/mol. The van der Waals surface area contributed by atoms with Crippen LogP contribution in [0.5, 0.6) is 0 Å². The Balaban J connectivity index is 0.000000321. The maximum absolute atomic E-state index is 12.4.